The van der Waals surface area contributed by atoms with Gasteiger partial charge in [-0.05, 0) is 32.4 Å². The maximum atomic E-state index is 14.4. The standard InChI is InChI=1S/C32H37Cl2N7O6/c1-6-7-26(43)40-11-10-39(3)20(15-40)8-9-41-30-19(14-35-32(38-30)37-23-17-47-16-22(23)36-18(2)42)12-21(31(41)44)27-28(33)24(45-4)13-25(46-5)29(27)34/h12-14,20,22-23H,8-11,15-17H2,1-5H3,(H,36,42)(H,35,37,38)/t20?,22-,23+/m0/s1. The van der Waals surface area contributed by atoms with E-state index in [0.29, 0.717) is 61.8 Å². The molecule has 0 aliphatic carbocycles. The van der Waals surface area contributed by atoms with Crippen LogP contribution in [-0.2, 0) is 20.9 Å². The summed E-state index contributed by atoms with van der Waals surface area (Å²) in [7, 11) is 4.93. The lowest BCUT2D eigenvalue weighted by Gasteiger charge is -2.38. The first-order valence-corrected chi connectivity index (χ1v) is 15.9. The number of likely N-dealkylation sites (N-methyl/N-ethyl adjacent to an activating group) is 1. The first kappa shape index (κ1) is 34.3. The predicted molar refractivity (Wildman–Crippen MR) is 179 cm³/mol. The van der Waals surface area contributed by atoms with E-state index in [9.17, 15) is 14.4 Å². The summed E-state index contributed by atoms with van der Waals surface area (Å²) in [5.41, 5.74) is 0.482. The fraction of sp³-hybridized carbons (Fsp3) is 0.469. The summed E-state index contributed by atoms with van der Waals surface area (Å²) >= 11 is 13.5. The summed E-state index contributed by atoms with van der Waals surface area (Å²) in [4.78, 5) is 51.9. The number of hydrogen-bond donors (Lipinski definition) is 2. The van der Waals surface area contributed by atoms with Crippen molar-refractivity contribution < 1.29 is 23.8 Å². The number of nitrogens with one attached hydrogen (secondary N) is 2. The SMILES string of the molecule is CC#CC(=O)N1CCN(C)C(CCn2c(=O)c(-c3c(Cl)c(OC)cc(OC)c3Cl)cc3cnc(N[C@@H]4COC[C@@H]4NC(C)=O)nc32)C1. The molecule has 47 heavy (non-hydrogen) atoms. The van der Waals surface area contributed by atoms with Crippen molar-refractivity contribution in [3.05, 3.63) is 38.7 Å². The fourth-order valence-corrected chi connectivity index (χ4v) is 6.61. The van der Waals surface area contributed by atoms with Crippen molar-refractivity contribution in [1.82, 2.24) is 29.7 Å². The number of carbonyl (C=O) groups excluding carboxylic acids is 2. The zero-order valence-corrected chi connectivity index (χ0v) is 28.4. The maximum Gasteiger partial charge on any atom is 0.298 e. The maximum absolute atomic E-state index is 14.4. The van der Waals surface area contributed by atoms with Crippen LogP contribution < -0.4 is 25.7 Å². The molecule has 2 N–H and O–H groups in total. The summed E-state index contributed by atoms with van der Waals surface area (Å²) in [6.07, 6.45) is 2.14. The molecule has 0 spiro atoms. The van der Waals surface area contributed by atoms with Crippen molar-refractivity contribution in [2.45, 2.75) is 44.9 Å². The predicted octanol–water partition coefficient (Wildman–Crippen LogP) is 2.65. The number of carbonyl (C=O) groups is 2. The van der Waals surface area contributed by atoms with Gasteiger partial charge in [0.1, 0.15) is 17.1 Å². The molecule has 2 aromatic heterocycles. The minimum atomic E-state index is -0.384. The van der Waals surface area contributed by atoms with Crippen LogP contribution in [0.3, 0.4) is 0 Å². The van der Waals surface area contributed by atoms with Crippen molar-refractivity contribution in [2.24, 2.45) is 0 Å². The molecule has 1 unspecified atom stereocenters. The number of fused-ring (bicyclic) bond motifs is 1. The third kappa shape index (κ3) is 7.26. The highest BCUT2D eigenvalue weighted by molar-refractivity contribution is 6.41. The van der Waals surface area contributed by atoms with Crippen LogP contribution in [0.15, 0.2) is 23.1 Å². The van der Waals surface area contributed by atoms with Gasteiger partial charge in [0.2, 0.25) is 11.9 Å². The van der Waals surface area contributed by atoms with E-state index in [0.717, 1.165) is 0 Å². The molecule has 2 amide bonds. The van der Waals surface area contributed by atoms with Crippen LogP contribution in [-0.4, -0.2) is 108 Å². The van der Waals surface area contributed by atoms with Crippen LogP contribution in [0, 0.1) is 11.8 Å². The highest BCUT2D eigenvalue weighted by Crippen LogP contribution is 2.45. The molecule has 0 saturated carbocycles. The molecule has 2 saturated heterocycles. The smallest absolute Gasteiger partial charge is 0.298 e. The van der Waals surface area contributed by atoms with Crippen molar-refractivity contribution in [1.29, 1.82) is 0 Å². The van der Waals surface area contributed by atoms with Crippen molar-refractivity contribution in [3.8, 4) is 34.5 Å². The van der Waals surface area contributed by atoms with Gasteiger partial charge in [0.15, 0.2) is 0 Å². The molecular weight excluding hydrogens is 649 g/mol. The number of hydrogen-bond acceptors (Lipinski definition) is 10. The Kier molecular flexibility index (Phi) is 10.8. The average molecular weight is 687 g/mol. The van der Waals surface area contributed by atoms with E-state index in [1.807, 2.05) is 7.05 Å². The molecule has 15 heteroatoms. The number of piperazine rings is 1. The summed E-state index contributed by atoms with van der Waals surface area (Å²) in [6.45, 7) is 5.74. The van der Waals surface area contributed by atoms with Crippen molar-refractivity contribution in [2.75, 3.05) is 59.4 Å². The van der Waals surface area contributed by atoms with Gasteiger partial charge in [-0.1, -0.05) is 29.1 Å². The molecular formula is C32H37Cl2N7O6. The van der Waals surface area contributed by atoms with Crippen LogP contribution >= 0.6 is 23.2 Å². The van der Waals surface area contributed by atoms with E-state index in [4.69, 9.17) is 42.4 Å². The van der Waals surface area contributed by atoms with E-state index in [1.165, 1.54) is 21.1 Å². The number of rotatable bonds is 9. The Labute approximate surface area is 282 Å². The van der Waals surface area contributed by atoms with E-state index in [-0.39, 0.29) is 69.2 Å². The number of aryl methyl sites for hydroxylation is 1. The van der Waals surface area contributed by atoms with Gasteiger partial charge in [-0.15, -0.1) is 0 Å². The number of benzene rings is 1. The Hall–Kier alpha value is -4.09. The number of halogens is 2. The molecule has 13 nitrogen and oxygen atoms in total. The first-order chi connectivity index (χ1) is 22.6. The number of methoxy groups -OCH3 is 2. The molecule has 4 heterocycles. The molecule has 0 radical (unpaired) electrons. The van der Waals surface area contributed by atoms with Gasteiger partial charge in [-0.2, -0.15) is 4.98 Å². The minimum Gasteiger partial charge on any atom is -0.495 e. The van der Waals surface area contributed by atoms with Gasteiger partial charge in [-0.25, -0.2) is 4.98 Å². The molecule has 3 aromatic rings. The first-order valence-electron chi connectivity index (χ1n) is 15.1. The second-order valence-corrected chi connectivity index (χ2v) is 12.2. The van der Waals surface area contributed by atoms with Crippen molar-refractivity contribution >= 4 is 52.0 Å². The lowest BCUT2D eigenvalue weighted by atomic mass is 10.0. The van der Waals surface area contributed by atoms with Gasteiger partial charge in [-0.3, -0.25) is 23.9 Å². The molecule has 2 aliphatic heterocycles. The topological polar surface area (TPSA) is 140 Å². The Morgan fingerprint density at radius 2 is 1.81 bits per heavy atom. The summed E-state index contributed by atoms with van der Waals surface area (Å²) in [5.74, 6) is 5.77. The lowest BCUT2D eigenvalue weighted by molar-refractivity contribution is -0.127. The molecule has 250 valence electrons. The zero-order valence-electron chi connectivity index (χ0n) is 26.9. The highest BCUT2D eigenvalue weighted by Gasteiger charge is 2.31. The number of ether oxygens (including phenoxy) is 3. The minimum absolute atomic E-state index is 0.0467. The quantitative estimate of drug-likeness (QED) is 0.323. The molecule has 1 aromatic carbocycles. The highest BCUT2D eigenvalue weighted by atomic mass is 35.5. The van der Waals surface area contributed by atoms with Gasteiger partial charge >= 0.3 is 0 Å². The monoisotopic (exact) mass is 685 g/mol. The largest absolute Gasteiger partial charge is 0.495 e. The van der Waals surface area contributed by atoms with E-state index in [2.05, 4.69) is 32.4 Å². The number of nitrogens with zero attached hydrogens (tertiary/aromatic N) is 5. The summed E-state index contributed by atoms with van der Waals surface area (Å²) in [5, 5.41) is 7.01. The molecule has 2 aliphatic rings. The fourth-order valence-electron chi connectivity index (χ4n) is 5.91. The van der Waals surface area contributed by atoms with Gasteiger partial charge in [0.25, 0.3) is 11.5 Å². The molecule has 2 fully saturated rings. The van der Waals surface area contributed by atoms with Crippen LogP contribution in [0.1, 0.15) is 20.3 Å². The van der Waals surface area contributed by atoms with Crippen LogP contribution in [0.5, 0.6) is 11.5 Å². The Morgan fingerprint density at radius 1 is 1.11 bits per heavy atom. The van der Waals surface area contributed by atoms with Crippen molar-refractivity contribution in [3.63, 3.8) is 0 Å². The van der Waals surface area contributed by atoms with Crippen LogP contribution in [0.4, 0.5) is 5.95 Å². The second kappa shape index (κ2) is 14.8. The average Bonchev–Trinajstić information content (AvgIpc) is 3.47. The number of amides is 2. The third-order valence-corrected chi connectivity index (χ3v) is 9.19. The van der Waals surface area contributed by atoms with Crippen LogP contribution in [0.25, 0.3) is 22.2 Å². The molecule has 0 bridgehead atoms. The number of anilines is 1. The molecule has 3 atom stereocenters. The van der Waals surface area contributed by atoms with E-state index >= 15 is 0 Å². The van der Waals surface area contributed by atoms with Crippen LogP contribution in [0.2, 0.25) is 10.0 Å². The Bertz CT molecular complexity index is 1780. The Balaban J connectivity index is 1.59. The van der Waals surface area contributed by atoms with E-state index in [1.54, 1.807) is 34.7 Å². The summed E-state index contributed by atoms with van der Waals surface area (Å²) < 4.78 is 18.1. The van der Waals surface area contributed by atoms with Gasteiger partial charge < -0.3 is 29.7 Å². The Morgan fingerprint density at radius 3 is 2.47 bits per heavy atom. The third-order valence-electron chi connectivity index (χ3n) is 8.44. The number of aromatic nitrogens is 3. The molecule has 5 rings (SSSR count). The van der Waals surface area contributed by atoms with Gasteiger partial charge in [0, 0.05) is 62.4 Å². The zero-order chi connectivity index (χ0) is 33.8. The lowest BCUT2D eigenvalue weighted by Crippen LogP contribution is -2.53. The normalized spacial score (nSPS) is 19.6. The van der Waals surface area contributed by atoms with Gasteiger partial charge in [0.05, 0.1) is 55.1 Å². The number of pyridine rings is 1. The summed E-state index contributed by atoms with van der Waals surface area (Å²) in [6, 6.07) is 2.62. The second-order valence-electron chi connectivity index (χ2n) is 11.4. The van der Waals surface area contributed by atoms with E-state index < -0.39 is 0 Å².